The van der Waals surface area contributed by atoms with Gasteiger partial charge in [-0.3, -0.25) is 0 Å². The van der Waals surface area contributed by atoms with Gasteiger partial charge in [-0.25, -0.2) is 0 Å². The average molecular weight is 103 g/mol. The van der Waals surface area contributed by atoms with Crippen molar-refractivity contribution in [1.82, 2.24) is 0 Å². The Balaban J connectivity index is 2.34. The summed E-state index contributed by atoms with van der Waals surface area (Å²) in [6, 6.07) is 0. The molecule has 0 radical (unpaired) electrons. The van der Waals surface area contributed by atoms with Gasteiger partial charge >= 0.3 is 0 Å². The lowest BCUT2D eigenvalue weighted by atomic mass is 9.95. The van der Waals surface area contributed by atoms with Crippen LogP contribution in [0.3, 0.4) is 0 Å². The van der Waals surface area contributed by atoms with Crippen LogP contribution in [0.25, 0.3) is 0 Å². The molecule has 1 rings (SSSR count). The molecule has 0 heterocycles. The van der Waals surface area contributed by atoms with E-state index in [1.807, 2.05) is 0 Å². The Hall–Kier alpha value is 0.0300. The fourth-order valence-electron chi connectivity index (χ4n) is 0.490. The Kier molecular flexibility index (Phi) is 1.16. The Morgan fingerprint density at radius 3 is 2.17 bits per heavy atom. The molecule has 0 aromatic heterocycles. The van der Waals surface area contributed by atoms with Crippen molar-refractivity contribution in [3.63, 3.8) is 0 Å². The molecule has 0 unspecified atom stereocenters. The predicted molar refractivity (Wildman–Crippen MR) is 27.8 cm³/mol. The summed E-state index contributed by atoms with van der Waals surface area (Å²) >= 11 is 5.34. The summed E-state index contributed by atoms with van der Waals surface area (Å²) in [5.74, 6) is 0. The molecule has 0 nitrogen and oxygen atoms in total. The van der Waals surface area contributed by atoms with Gasteiger partial charge in [-0.1, -0.05) is 17.2 Å². The highest BCUT2D eigenvalue weighted by atomic mass is 35.5. The summed E-state index contributed by atoms with van der Waals surface area (Å²) < 4.78 is 0. The van der Waals surface area contributed by atoms with E-state index >= 15 is 0 Å². The minimum Gasteiger partial charge on any atom is -0.0930 e. The van der Waals surface area contributed by atoms with Crippen LogP contribution in [0, 0.1) is 0 Å². The van der Waals surface area contributed by atoms with Crippen LogP contribution in [0.2, 0.25) is 0 Å². The molecule has 6 heavy (non-hydrogen) atoms. The molecule has 0 aromatic carbocycles. The van der Waals surface area contributed by atoms with E-state index in [-0.39, 0.29) is 0 Å². The van der Waals surface area contributed by atoms with E-state index < -0.39 is 0 Å². The first-order chi connectivity index (χ1) is 2.93. The van der Waals surface area contributed by atoms with Crippen LogP contribution < -0.4 is 0 Å². The molecule has 1 aliphatic rings. The molecule has 0 atom stereocenters. The highest BCUT2D eigenvalue weighted by Crippen LogP contribution is 2.25. The zero-order chi connectivity index (χ0) is 4.41. The summed E-state index contributed by atoms with van der Waals surface area (Å²) in [4.78, 5) is 0. The maximum Gasteiger partial charge on any atom is 0.00344 e. The first-order valence-corrected chi connectivity index (χ1v) is 2.65. The molecule has 0 aliphatic heterocycles. The molecule has 0 aromatic rings. The van der Waals surface area contributed by atoms with Crippen molar-refractivity contribution in [2.24, 2.45) is 0 Å². The number of allylic oxidation sites excluding steroid dienone is 1. The second-order valence-electron chi connectivity index (χ2n) is 1.62. The van der Waals surface area contributed by atoms with Gasteiger partial charge < -0.3 is 0 Å². The third-order valence-electron chi connectivity index (χ3n) is 1.15. The standard InChI is InChI=1S/C5H7Cl/c6-4-5-2-1-3-5/h4H,1-3H2. The molecule has 0 bridgehead atoms. The fraction of sp³-hybridized carbons (Fsp3) is 0.600. The van der Waals surface area contributed by atoms with Crippen LogP contribution in [-0.2, 0) is 0 Å². The normalized spacial score (nSPS) is 19.8. The summed E-state index contributed by atoms with van der Waals surface area (Å²) in [7, 11) is 0. The molecule has 34 valence electrons. The lowest BCUT2D eigenvalue weighted by Gasteiger charge is -2.13. The van der Waals surface area contributed by atoms with Gasteiger partial charge in [0.25, 0.3) is 0 Å². The van der Waals surface area contributed by atoms with E-state index in [2.05, 4.69) is 0 Å². The molecular formula is C5H7Cl. The second-order valence-corrected chi connectivity index (χ2v) is 1.84. The van der Waals surface area contributed by atoms with Crippen LogP contribution in [0.5, 0.6) is 0 Å². The molecule has 0 amide bonds. The van der Waals surface area contributed by atoms with E-state index in [1.54, 1.807) is 5.54 Å². The van der Waals surface area contributed by atoms with Crippen molar-refractivity contribution in [3.05, 3.63) is 11.1 Å². The summed E-state index contributed by atoms with van der Waals surface area (Å²) in [6.07, 6.45) is 3.82. The van der Waals surface area contributed by atoms with Gasteiger partial charge in [-0.2, -0.15) is 0 Å². The van der Waals surface area contributed by atoms with Crippen molar-refractivity contribution < 1.29 is 0 Å². The van der Waals surface area contributed by atoms with E-state index in [9.17, 15) is 0 Å². The van der Waals surface area contributed by atoms with E-state index in [0.717, 1.165) is 0 Å². The maximum absolute atomic E-state index is 5.34. The lowest BCUT2D eigenvalue weighted by molar-refractivity contribution is 0.665. The van der Waals surface area contributed by atoms with Crippen LogP contribution in [0.1, 0.15) is 19.3 Å². The molecule has 1 heteroatoms. The van der Waals surface area contributed by atoms with Crippen LogP contribution in [0.4, 0.5) is 0 Å². The first kappa shape index (κ1) is 4.20. The molecule has 1 fully saturated rings. The fourth-order valence-corrected chi connectivity index (χ4v) is 0.708. The molecule has 1 aliphatic carbocycles. The SMILES string of the molecule is ClC=C1CCC1. The van der Waals surface area contributed by atoms with E-state index in [0.29, 0.717) is 0 Å². The van der Waals surface area contributed by atoms with Gasteiger partial charge in [0, 0.05) is 5.54 Å². The molecule has 0 spiro atoms. The number of hydrogen-bond donors (Lipinski definition) is 0. The van der Waals surface area contributed by atoms with Crippen LogP contribution >= 0.6 is 11.6 Å². The van der Waals surface area contributed by atoms with E-state index in [1.165, 1.54) is 24.8 Å². The van der Waals surface area contributed by atoms with Gasteiger partial charge in [-0.15, -0.1) is 0 Å². The highest BCUT2D eigenvalue weighted by Gasteiger charge is 2.05. The quantitative estimate of drug-likeness (QED) is 0.440. The van der Waals surface area contributed by atoms with Crippen LogP contribution in [-0.4, -0.2) is 0 Å². The van der Waals surface area contributed by atoms with Gasteiger partial charge in [0.05, 0.1) is 0 Å². The van der Waals surface area contributed by atoms with Gasteiger partial charge in [0.2, 0.25) is 0 Å². The van der Waals surface area contributed by atoms with Crippen molar-refractivity contribution in [2.45, 2.75) is 19.3 Å². The number of rotatable bonds is 0. The number of halogens is 1. The minimum absolute atomic E-state index is 1.24. The van der Waals surface area contributed by atoms with Crippen molar-refractivity contribution in [2.75, 3.05) is 0 Å². The van der Waals surface area contributed by atoms with Gasteiger partial charge in [0.15, 0.2) is 0 Å². The van der Waals surface area contributed by atoms with Crippen molar-refractivity contribution in [1.29, 1.82) is 0 Å². The molecule has 1 saturated carbocycles. The second kappa shape index (κ2) is 1.65. The Morgan fingerprint density at radius 2 is 2.17 bits per heavy atom. The third kappa shape index (κ3) is 0.574. The highest BCUT2D eigenvalue weighted by molar-refractivity contribution is 6.25. The van der Waals surface area contributed by atoms with Gasteiger partial charge in [0.1, 0.15) is 0 Å². The zero-order valence-electron chi connectivity index (χ0n) is 3.58. The summed E-state index contributed by atoms with van der Waals surface area (Å²) in [5, 5.41) is 0. The maximum atomic E-state index is 5.34. The summed E-state index contributed by atoms with van der Waals surface area (Å²) in [5.41, 5.74) is 3.11. The molecular weight excluding hydrogens is 95.5 g/mol. The molecule has 0 N–H and O–H groups in total. The Labute approximate surface area is 42.8 Å². The van der Waals surface area contributed by atoms with E-state index in [4.69, 9.17) is 11.6 Å². The molecule has 0 saturated heterocycles. The van der Waals surface area contributed by atoms with Gasteiger partial charge in [-0.05, 0) is 19.3 Å². The largest absolute Gasteiger partial charge is 0.0930 e. The van der Waals surface area contributed by atoms with Crippen LogP contribution in [0.15, 0.2) is 11.1 Å². The first-order valence-electron chi connectivity index (χ1n) is 2.21. The lowest BCUT2D eigenvalue weighted by Crippen LogP contribution is -1.93. The monoisotopic (exact) mass is 102 g/mol. The third-order valence-corrected chi connectivity index (χ3v) is 1.46. The zero-order valence-corrected chi connectivity index (χ0v) is 4.33. The predicted octanol–water partition coefficient (Wildman–Crippen LogP) is 2.29. The van der Waals surface area contributed by atoms with Crippen molar-refractivity contribution >= 4 is 11.6 Å². The van der Waals surface area contributed by atoms with Crippen molar-refractivity contribution in [3.8, 4) is 0 Å². The Morgan fingerprint density at radius 1 is 1.50 bits per heavy atom. The number of hydrogen-bond acceptors (Lipinski definition) is 0. The smallest absolute Gasteiger partial charge is 0.00344 e. The topological polar surface area (TPSA) is 0 Å². The summed E-state index contributed by atoms with van der Waals surface area (Å²) in [6.45, 7) is 0. The Bertz CT molecular complexity index is 68.0. The minimum atomic E-state index is 1.24. The average Bonchev–Trinajstić information content (AvgIpc) is 1.31.